The lowest BCUT2D eigenvalue weighted by Crippen LogP contribution is -2.20. The van der Waals surface area contributed by atoms with Gasteiger partial charge in [0.15, 0.2) is 0 Å². The van der Waals surface area contributed by atoms with E-state index in [0.29, 0.717) is 12.0 Å². The van der Waals surface area contributed by atoms with Crippen molar-refractivity contribution in [1.29, 1.82) is 0 Å². The maximum atomic E-state index is 11.4. The van der Waals surface area contributed by atoms with Gasteiger partial charge in [-0.15, -0.1) is 0 Å². The number of nitro benzene ring substituents is 1. The first-order valence-corrected chi connectivity index (χ1v) is 5.80. The average Bonchev–Trinajstić information content (AvgIpc) is 2.38. The number of amides is 1. The molecule has 1 aromatic rings. The van der Waals surface area contributed by atoms with Gasteiger partial charge >= 0.3 is 5.97 Å². The molecule has 108 valence electrons. The maximum absolute atomic E-state index is 11.4. The molecule has 0 radical (unpaired) electrons. The van der Waals surface area contributed by atoms with Crippen LogP contribution >= 0.6 is 0 Å². The van der Waals surface area contributed by atoms with Gasteiger partial charge in [-0.25, -0.2) is 4.79 Å². The highest BCUT2D eigenvalue weighted by Gasteiger charge is 2.14. The molecular weight excluding hydrogens is 268 g/mol. The van der Waals surface area contributed by atoms with E-state index < -0.39 is 30.0 Å². The highest BCUT2D eigenvalue weighted by Crippen LogP contribution is 2.23. The first-order chi connectivity index (χ1) is 9.43. The molecule has 0 fully saturated rings. The van der Waals surface area contributed by atoms with Crippen molar-refractivity contribution >= 4 is 23.3 Å². The molecule has 0 aliphatic carbocycles. The van der Waals surface area contributed by atoms with Crippen LogP contribution in [0.4, 0.5) is 11.4 Å². The van der Waals surface area contributed by atoms with Crippen molar-refractivity contribution in [3.8, 4) is 0 Å². The number of hydrogen-bond acceptors (Lipinski definition) is 5. The lowest BCUT2D eigenvalue weighted by Gasteiger charge is -2.07. The Bertz CT molecular complexity index is 529. The first kappa shape index (κ1) is 15.6. The summed E-state index contributed by atoms with van der Waals surface area (Å²) in [6, 6.07) is 4.36. The minimum Gasteiger partial charge on any atom is -0.480 e. The molecule has 0 unspecified atom stereocenters. The van der Waals surface area contributed by atoms with Crippen LogP contribution in [0, 0.1) is 10.1 Å². The summed E-state index contributed by atoms with van der Waals surface area (Å²) in [4.78, 5) is 32.0. The van der Waals surface area contributed by atoms with Crippen LogP contribution in [0.1, 0.15) is 12.5 Å². The zero-order chi connectivity index (χ0) is 15.1. The van der Waals surface area contributed by atoms with E-state index in [1.807, 2.05) is 0 Å². The predicted octanol–water partition coefficient (Wildman–Crippen LogP) is 1.20. The molecule has 8 nitrogen and oxygen atoms in total. The number of hydrogen-bond donors (Lipinski definition) is 2. The Morgan fingerprint density at radius 2 is 2.10 bits per heavy atom. The van der Waals surface area contributed by atoms with Crippen molar-refractivity contribution in [1.82, 2.24) is 0 Å². The minimum absolute atomic E-state index is 0.0724. The van der Waals surface area contributed by atoms with E-state index in [9.17, 15) is 19.7 Å². The highest BCUT2D eigenvalue weighted by atomic mass is 16.6. The zero-order valence-corrected chi connectivity index (χ0v) is 10.8. The van der Waals surface area contributed by atoms with Crippen molar-refractivity contribution in [2.24, 2.45) is 0 Å². The number of carbonyl (C=O) groups is 2. The summed E-state index contributed by atoms with van der Waals surface area (Å²) in [5, 5.41) is 21.6. The number of nitrogens with one attached hydrogen (secondary N) is 1. The average molecular weight is 282 g/mol. The lowest BCUT2D eigenvalue weighted by atomic mass is 10.1. The van der Waals surface area contributed by atoms with Crippen LogP contribution in [-0.2, 0) is 20.7 Å². The first-order valence-electron chi connectivity index (χ1n) is 5.80. The van der Waals surface area contributed by atoms with Crippen molar-refractivity contribution in [2.45, 2.75) is 13.3 Å². The van der Waals surface area contributed by atoms with Crippen LogP contribution in [0.5, 0.6) is 0 Å². The Kier molecular flexibility index (Phi) is 5.60. The zero-order valence-electron chi connectivity index (χ0n) is 10.8. The SMILES string of the molecule is CCc1ccc(NC(=O)COCC(=O)O)cc1[N+](=O)[O-]. The molecule has 0 aliphatic heterocycles. The monoisotopic (exact) mass is 282 g/mol. The second-order valence-corrected chi connectivity index (χ2v) is 3.89. The summed E-state index contributed by atoms with van der Waals surface area (Å²) >= 11 is 0. The van der Waals surface area contributed by atoms with Crippen molar-refractivity contribution in [2.75, 3.05) is 18.5 Å². The Hall–Kier alpha value is -2.48. The quantitative estimate of drug-likeness (QED) is 0.572. The van der Waals surface area contributed by atoms with Gasteiger partial charge in [-0.3, -0.25) is 14.9 Å². The third kappa shape index (κ3) is 4.65. The normalized spacial score (nSPS) is 10.1. The Labute approximate surface area is 114 Å². The van der Waals surface area contributed by atoms with E-state index in [0.717, 1.165) is 0 Å². The highest BCUT2D eigenvalue weighted by molar-refractivity contribution is 5.92. The number of carboxylic acid groups (broad SMARTS) is 1. The van der Waals surface area contributed by atoms with Crippen molar-refractivity contribution < 1.29 is 24.4 Å². The van der Waals surface area contributed by atoms with E-state index in [4.69, 9.17) is 5.11 Å². The molecule has 0 heterocycles. The Balaban J connectivity index is 2.68. The van der Waals surface area contributed by atoms with Gasteiger partial charge in [0.1, 0.15) is 13.2 Å². The third-order valence-corrected chi connectivity index (χ3v) is 2.41. The van der Waals surface area contributed by atoms with Gasteiger partial charge in [-0.1, -0.05) is 13.0 Å². The fraction of sp³-hybridized carbons (Fsp3) is 0.333. The number of rotatable bonds is 7. The van der Waals surface area contributed by atoms with Crippen LogP contribution in [0.2, 0.25) is 0 Å². The summed E-state index contributed by atoms with van der Waals surface area (Å²) in [5.74, 6) is -1.76. The molecule has 20 heavy (non-hydrogen) atoms. The fourth-order valence-electron chi connectivity index (χ4n) is 1.54. The predicted molar refractivity (Wildman–Crippen MR) is 69.6 cm³/mol. The summed E-state index contributed by atoms with van der Waals surface area (Å²) in [7, 11) is 0. The summed E-state index contributed by atoms with van der Waals surface area (Å²) in [6.07, 6.45) is 0.506. The molecule has 1 rings (SSSR count). The molecule has 2 N–H and O–H groups in total. The standard InChI is InChI=1S/C12H14N2O6/c1-2-8-3-4-9(5-10(8)14(18)19)13-11(15)6-20-7-12(16)17/h3-5H,2,6-7H2,1H3,(H,13,15)(H,16,17). The molecule has 1 amide bonds. The summed E-state index contributed by atoms with van der Waals surface area (Å²) < 4.78 is 4.61. The van der Waals surface area contributed by atoms with Gasteiger partial charge in [0.25, 0.3) is 5.69 Å². The number of nitrogens with zero attached hydrogens (tertiary/aromatic N) is 1. The molecule has 0 aromatic heterocycles. The molecular formula is C12H14N2O6. The van der Waals surface area contributed by atoms with Crippen LogP contribution < -0.4 is 5.32 Å². The van der Waals surface area contributed by atoms with Gasteiger partial charge in [0.05, 0.1) is 4.92 Å². The number of aryl methyl sites for hydroxylation is 1. The molecule has 8 heteroatoms. The van der Waals surface area contributed by atoms with E-state index >= 15 is 0 Å². The van der Waals surface area contributed by atoms with Crippen LogP contribution in [-0.4, -0.2) is 35.1 Å². The smallest absolute Gasteiger partial charge is 0.329 e. The van der Waals surface area contributed by atoms with Gasteiger partial charge in [-0.2, -0.15) is 0 Å². The van der Waals surface area contributed by atoms with Gasteiger partial charge in [-0.05, 0) is 12.5 Å². The molecule has 1 aromatic carbocycles. The number of benzene rings is 1. The van der Waals surface area contributed by atoms with Crippen LogP contribution in [0.25, 0.3) is 0 Å². The number of anilines is 1. The molecule has 0 saturated heterocycles. The van der Waals surface area contributed by atoms with Gasteiger partial charge in [0.2, 0.25) is 5.91 Å². The van der Waals surface area contributed by atoms with E-state index in [1.165, 1.54) is 6.07 Å². The third-order valence-electron chi connectivity index (χ3n) is 2.41. The number of aliphatic carboxylic acids is 1. The molecule has 0 saturated carbocycles. The fourth-order valence-corrected chi connectivity index (χ4v) is 1.54. The van der Waals surface area contributed by atoms with Crippen LogP contribution in [0.15, 0.2) is 18.2 Å². The van der Waals surface area contributed by atoms with Gasteiger partial charge < -0.3 is 15.2 Å². The maximum Gasteiger partial charge on any atom is 0.329 e. The second-order valence-electron chi connectivity index (χ2n) is 3.89. The summed E-state index contributed by atoms with van der Waals surface area (Å²) in [6.45, 7) is 0.776. The number of carbonyl (C=O) groups excluding carboxylic acids is 1. The topological polar surface area (TPSA) is 119 Å². The number of carboxylic acids is 1. The Morgan fingerprint density at radius 3 is 2.65 bits per heavy atom. The Morgan fingerprint density at radius 1 is 1.40 bits per heavy atom. The number of nitro groups is 1. The van der Waals surface area contributed by atoms with Gasteiger partial charge in [0, 0.05) is 17.3 Å². The van der Waals surface area contributed by atoms with E-state index in [1.54, 1.807) is 19.1 Å². The molecule has 0 spiro atoms. The largest absolute Gasteiger partial charge is 0.480 e. The lowest BCUT2D eigenvalue weighted by molar-refractivity contribution is -0.385. The van der Waals surface area contributed by atoms with Crippen molar-refractivity contribution in [3.63, 3.8) is 0 Å². The molecule has 0 bridgehead atoms. The van der Waals surface area contributed by atoms with Crippen molar-refractivity contribution in [3.05, 3.63) is 33.9 Å². The summed E-state index contributed by atoms with van der Waals surface area (Å²) in [5.41, 5.74) is 0.754. The van der Waals surface area contributed by atoms with E-state index in [-0.39, 0.29) is 11.4 Å². The van der Waals surface area contributed by atoms with Crippen LogP contribution in [0.3, 0.4) is 0 Å². The molecule has 0 aliphatic rings. The second kappa shape index (κ2) is 7.19. The van der Waals surface area contributed by atoms with E-state index in [2.05, 4.69) is 10.1 Å². The number of ether oxygens (including phenoxy) is 1. The minimum atomic E-state index is -1.18. The molecule has 0 atom stereocenters.